The fourth-order valence-corrected chi connectivity index (χ4v) is 2.53. The number of methoxy groups -OCH3 is 1. The molecule has 138 valence electrons. The number of carboxylic acid groups (broad SMARTS) is 1. The Morgan fingerprint density at radius 1 is 1.24 bits per heavy atom. The molecule has 1 heterocycles. The quantitative estimate of drug-likeness (QED) is 0.527. The molecule has 7 nitrogen and oxygen atoms in total. The maximum absolute atomic E-state index is 12.9. The van der Waals surface area contributed by atoms with E-state index < -0.39 is 60.5 Å². The van der Waals surface area contributed by atoms with E-state index in [1.165, 1.54) is 0 Å². The van der Waals surface area contributed by atoms with Crippen LogP contribution in [0.3, 0.4) is 0 Å². The molecule has 0 radical (unpaired) electrons. The summed E-state index contributed by atoms with van der Waals surface area (Å²) in [6.45, 7) is 3.95. The topological polar surface area (TPSA) is 98.8 Å². The number of nitrogens with one attached hydrogen (secondary N) is 1. The van der Waals surface area contributed by atoms with Crippen molar-refractivity contribution in [3.05, 3.63) is 0 Å². The van der Waals surface area contributed by atoms with E-state index in [2.05, 4.69) is 10.1 Å². The van der Waals surface area contributed by atoms with Gasteiger partial charge in [-0.05, 0) is 11.8 Å². The number of alkyl halides is 3. The molecule has 2 amide bonds. The van der Waals surface area contributed by atoms with Crippen LogP contribution in [-0.2, 0) is 14.3 Å². The molecule has 11 heteroatoms. The molecule has 1 fully saturated rings. The summed E-state index contributed by atoms with van der Waals surface area (Å²) >= 11 is 0. The first kappa shape index (κ1) is 24.6. The van der Waals surface area contributed by atoms with Gasteiger partial charge in [0.15, 0.2) is 0 Å². The second kappa shape index (κ2) is 9.02. The fourth-order valence-electron chi connectivity index (χ4n) is 2.53. The molecule has 1 saturated heterocycles. The molecule has 0 aromatic heterocycles. The number of alkyl carbamates (subject to hydrolysis) is 1. The monoisotopic (exact) mass is 392 g/mol. The molecular weight excluding hydrogens is 372 g/mol. The number of carboxylic acids is 1. The molecule has 0 aromatic rings. The van der Waals surface area contributed by atoms with Crippen molar-refractivity contribution < 1.29 is 88.8 Å². The van der Waals surface area contributed by atoms with Crippen LogP contribution in [0.5, 0.6) is 0 Å². The summed E-state index contributed by atoms with van der Waals surface area (Å²) in [5.41, 5.74) is -0.877. The van der Waals surface area contributed by atoms with Crippen LogP contribution < -0.4 is 61.8 Å². The van der Waals surface area contributed by atoms with Gasteiger partial charge in [0.25, 0.3) is 0 Å². The second-order valence-electron chi connectivity index (χ2n) is 6.73. The Balaban J connectivity index is 0.00000576. The smallest absolute Gasteiger partial charge is 0.548 e. The summed E-state index contributed by atoms with van der Waals surface area (Å²) in [5, 5.41) is 13.4. The van der Waals surface area contributed by atoms with Crippen molar-refractivity contribution in [1.82, 2.24) is 10.2 Å². The molecule has 0 spiro atoms. The Kier molecular flexibility index (Phi) is 8.89. The van der Waals surface area contributed by atoms with E-state index in [1.807, 2.05) is 0 Å². The molecule has 0 saturated carbocycles. The number of amides is 2. The van der Waals surface area contributed by atoms with Crippen molar-refractivity contribution >= 4 is 18.0 Å². The van der Waals surface area contributed by atoms with E-state index >= 15 is 0 Å². The van der Waals surface area contributed by atoms with Crippen LogP contribution in [0.4, 0.5) is 18.0 Å². The van der Waals surface area contributed by atoms with E-state index in [-0.39, 0.29) is 51.4 Å². The average Bonchev–Trinajstić information content (AvgIpc) is 2.87. The third-order valence-corrected chi connectivity index (χ3v) is 3.88. The first-order valence-electron chi connectivity index (χ1n) is 7.21. The number of carbonyl (C=O) groups excluding carboxylic acids is 3. The first-order chi connectivity index (χ1) is 10.8. The number of likely N-dealkylation sites (tertiary alicyclic amines) is 1. The summed E-state index contributed by atoms with van der Waals surface area (Å²) in [4.78, 5) is 35.8. The average molecular weight is 392 g/mol. The van der Waals surface area contributed by atoms with E-state index in [0.717, 1.165) is 7.11 Å². The van der Waals surface area contributed by atoms with Crippen molar-refractivity contribution in [2.24, 2.45) is 11.3 Å². The molecule has 1 aliphatic rings. The summed E-state index contributed by atoms with van der Waals surface area (Å²) in [6, 6.07) is -2.95. The third kappa shape index (κ3) is 6.38. The van der Waals surface area contributed by atoms with Crippen LogP contribution in [-0.4, -0.2) is 54.8 Å². The zero-order valence-electron chi connectivity index (χ0n) is 14.8. The van der Waals surface area contributed by atoms with Crippen LogP contribution in [0.25, 0.3) is 0 Å². The van der Waals surface area contributed by atoms with Gasteiger partial charge in [-0.2, -0.15) is 13.2 Å². The number of nitrogens with zero attached hydrogens (tertiary/aromatic N) is 1. The molecule has 1 aliphatic heterocycles. The van der Waals surface area contributed by atoms with Crippen molar-refractivity contribution in [3.8, 4) is 0 Å². The van der Waals surface area contributed by atoms with Crippen LogP contribution >= 0.6 is 0 Å². The van der Waals surface area contributed by atoms with Crippen LogP contribution in [0, 0.1) is 11.3 Å². The van der Waals surface area contributed by atoms with E-state index in [1.54, 1.807) is 20.8 Å². The predicted octanol–water partition coefficient (Wildman–Crippen LogP) is -2.71. The maximum Gasteiger partial charge on any atom is 1.00 e. The van der Waals surface area contributed by atoms with Gasteiger partial charge < -0.3 is 24.9 Å². The minimum atomic E-state index is -4.63. The van der Waals surface area contributed by atoms with Gasteiger partial charge in [0.05, 0.1) is 25.0 Å². The van der Waals surface area contributed by atoms with Gasteiger partial charge in [-0.1, -0.05) is 20.8 Å². The van der Waals surface area contributed by atoms with E-state index in [0.29, 0.717) is 4.90 Å². The van der Waals surface area contributed by atoms with Gasteiger partial charge >= 0.3 is 63.7 Å². The molecule has 3 atom stereocenters. The second-order valence-corrected chi connectivity index (χ2v) is 6.73. The Morgan fingerprint density at radius 2 is 1.76 bits per heavy atom. The number of ether oxygens (including phenoxy) is 1. The van der Waals surface area contributed by atoms with Crippen molar-refractivity contribution in [3.63, 3.8) is 0 Å². The molecule has 1 N–H and O–H groups in total. The normalized spacial score (nSPS) is 22.0. The van der Waals surface area contributed by atoms with Crippen molar-refractivity contribution in [2.45, 2.75) is 45.5 Å². The van der Waals surface area contributed by atoms with Gasteiger partial charge in [-0.15, -0.1) is 0 Å². The van der Waals surface area contributed by atoms with Gasteiger partial charge in [0.1, 0.15) is 6.04 Å². The molecule has 0 aliphatic carbocycles. The van der Waals surface area contributed by atoms with Crippen LogP contribution in [0.2, 0.25) is 0 Å². The Morgan fingerprint density at radius 3 is 2.12 bits per heavy atom. The largest absolute Gasteiger partial charge is 1.00 e. The molecule has 1 rings (SSSR count). The van der Waals surface area contributed by atoms with Crippen molar-refractivity contribution in [1.29, 1.82) is 0 Å². The number of aliphatic carboxylic acids is 1. The Hall–Kier alpha value is -0.364. The van der Waals surface area contributed by atoms with E-state index in [9.17, 15) is 32.7 Å². The summed E-state index contributed by atoms with van der Waals surface area (Å²) in [5.74, 6) is -4.64. The number of hydrogen-bond donors (Lipinski definition) is 1. The van der Waals surface area contributed by atoms with Gasteiger partial charge in [-0.3, -0.25) is 4.79 Å². The zero-order valence-corrected chi connectivity index (χ0v) is 17.9. The number of rotatable bonds is 3. The standard InChI is InChI=1S/C14H21F3N2O5.K/c1-13(2,3)9(18-12(23)24-4)10(20)19-6-7(14(15,16)17)5-8(19)11(21)22;/h7-9H,5-6H2,1-4H3,(H,18,23)(H,21,22);/q;+1/p-1/t7-,8-,9-;/m1./s1. The van der Waals surface area contributed by atoms with Gasteiger partial charge in [-0.25, -0.2) is 4.79 Å². The molecular formula is C14H20F3KN2O5. The molecule has 0 unspecified atom stereocenters. The Labute approximate surface area is 186 Å². The minimum absolute atomic E-state index is 0. The maximum atomic E-state index is 12.9. The SMILES string of the molecule is COC(=O)N[C@H](C(=O)N1C[C@H](C(F)(F)F)C[C@@H]1C(=O)[O-])C(C)(C)C.[K+]. The minimum Gasteiger partial charge on any atom is -0.548 e. The van der Waals surface area contributed by atoms with Crippen LogP contribution in [0.15, 0.2) is 0 Å². The van der Waals surface area contributed by atoms with Crippen molar-refractivity contribution in [2.75, 3.05) is 13.7 Å². The number of halogens is 3. The summed E-state index contributed by atoms with van der Waals surface area (Å²) in [7, 11) is 1.07. The first-order valence-corrected chi connectivity index (χ1v) is 7.21. The molecule has 0 bridgehead atoms. The van der Waals surface area contributed by atoms with Gasteiger partial charge in [0.2, 0.25) is 5.91 Å². The summed E-state index contributed by atoms with van der Waals surface area (Å²) in [6.07, 6.45) is -6.34. The molecule has 0 aromatic carbocycles. The zero-order chi connectivity index (χ0) is 18.9. The number of hydrogen-bond acceptors (Lipinski definition) is 5. The fraction of sp³-hybridized carbons (Fsp3) is 0.786. The van der Waals surface area contributed by atoms with E-state index in [4.69, 9.17) is 0 Å². The summed E-state index contributed by atoms with van der Waals surface area (Å²) < 4.78 is 43.1. The predicted molar refractivity (Wildman–Crippen MR) is 73.5 cm³/mol. The van der Waals surface area contributed by atoms with Crippen LogP contribution in [0.1, 0.15) is 27.2 Å². The van der Waals surface area contributed by atoms with Gasteiger partial charge in [0, 0.05) is 6.54 Å². The number of carbonyl (C=O) groups is 3. The Bertz CT molecular complexity index is 522. The molecule has 25 heavy (non-hydrogen) atoms. The third-order valence-electron chi connectivity index (χ3n) is 3.88.